The Hall–Kier alpha value is -1.14. The maximum Gasteiger partial charge on any atom is 0.353 e. The van der Waals surface area contributed by atoms with Gasteiger partial charge in [0.2, 0.25) is 5.88 Å². The van der Waals surface area contributed by atoms with Crippen LogP contribution in [-0.2, 0) is 4.74 Å². The minimum absolute atomic E-state index is 0.0260. The number of carbonyl (C=O) groups is 1. The van der Waals surface area contributed by atoms with Crippen molar-refractivity contribution >= 4 is 17.3 Å². The van der Waals surface area contributed by atoms with Gasteiger partial charge in [0.15, 0.2) is 4.88 Å². The maximum atomic E-state index is 11.8. The number of aliphatic hydroxyl groups excluding tert-OH is 1. The molecule has 0 radical (unpaired) electrons. The number of rotatable bonds is 4. The van der Waals surface area contributed by atoms with Crippen molar-refractivity contribution in [1.82, 2.24) is 4.98 Å². The number of aliphatic hydroxyl groups is 1. The molecular formula is C13H19NO4S. The smallest absolute Gasteiger partial charge is 0.353 e. The van der Waals surface area contributed by atoms with Gasteiger partial charge in [0.25, 0.3) is 0 Å². The lowest BCUT2D eigenvalue weighted by Gasteiger charge is -2.25. The second-order valence-corrected chi connectivity index (χ2v) is 5.84. The summed E-state index contributed by atoms with van der Waals surface area (Å²) in [5.74, 6) is 0.00119. The van der Waals surface area contributed by atoms with Gasteiger partial charge in [-0.2, -0.15) is 0 Å². The first kappa shape index (κ1) is 14.3. The second kappa shape index (κ2) is 6.34. The van der Waals surface area contributed by atoms with E-state index in [1.807, 2.05) is 6.92 Å². The molecule has 19 heavy (non-hydrogen) atoms. The van der Waals surface area contributed by atoms with E-state index in [2.05, 4.69) is 4.98 Å². The number of aryl methyl sites for hydroxylation is 1. The van der Waals surface area contributed by atoms with Crippen LogP contribution in [0.15, 0.2) is 0 Å². The van der Waals surface area contributed by atoms with Crippen LogP contribution in [-0.4, -0.2) is 34.9 Å². The molecule has 1 N–H and O–H groups in total. The van der Waals surface area contributed by atoms with Gasteiger partial charge in [-0.25, -0.2) is 9.78 Å². The third-order valence-electron chi connectivity index (χ3n) is 3.09. The highest BCUT2D eigenvalue weighted by molar-refractivity contribution is 7.13. The predicted molar refractivity (Wildman–Crippen MR) is 71.7 cm³/mol. The standard InChI is InChI=1S/C13H19NO4S/c1-3-17-13(16)11-12(14-8(2)19-11)18-10-6-4-9(15)5-7-10/h9-10,15H,3-7H2,1-2H3. The van der Waals surface area contributed by atoms with E-state index in [1.165, 1.54) is 11.3 Å². The summed E-state index contributed by atoms with van der Waals surface area (Å²) < 4.78 is 10.8. The van der Waals surface area contributed by atoms with Crippen molar-refractivity contribution in [3.8, 4) is 5.88 Å². The number of hydrogen-bond acceptors (Lipinski definition) is 6. The summed E-state index contributed by atoms with van der Waals surface area (Å²) in [5.41, 5.74) is 0. The summed E-state index contributed by atoms with van der Waals surface area (Å²) in [6.45, 7) is 3.95. The molecule has 1 heterocycles. The molecule has 0 atom stereocenters. The van der Waals surface area contributed by atoms with Crippen molar-refractivity contribution in [2.45, 2.75) is 51.7 Å². The summed E-state index contributed by atoms with van der Waals surface area (Å²) in [6, 6.07) is 0. The first-order valence-corrected chi connectivity index (χ1v) is 7.41. The van der Waals surface area contributed by atoms with Crippen molar-refractivity contribution in [3.63, 3.8) is 0 Å². The Bertz CT molecular complexity index is 438. The molecule has 0 bridgehead atoms. The van der Waals surface area contributed by atoms with E-state index in [-0.39, 0.29) is 18.2 Å². The van der Waals surface area contributed by atoms with Gasteiger partial charge >= 0.3 is 5.97 Å². The molecule has 1 saturated carbocycles. The second-order valence-electron chi connectivity index (χ2n) is 4.64. The molecule has 1 aromatic heterocycles. The molecule has 1 aromatic rings. The fraction of sp³-hybridized carbons (Fsp3) is 0.692. The molecule has 0 saturated heterocycles. The van der Waals surface area contributed by atoms with Crippen LogP contribution in [0.25, 0.3) is 0 Å². The summed E-state index contributed by atoms with van der Waals surface area (Å²) in [4.78, 5) is 16.5. The van der Waals surface area contributed by atoms with E-state index in [9.17, 15) is 9.90 Å². The van der Waals surface area contributed by atoms with Crippen molar-refractivity contribution < 1.29 is 19.4 Å². The molecule has 0 aromatic carbocycles. The number of nitrogens with zero attached hydrogens (tertiary/aromatic N) is 1. The van der Waals surface area contributed by atoms with E-state index >= 15 is 0 Å². The summed E-state index contributed by atoms with van der Waals surface area (Å²) in [7, 11) is 0. The normalized spacial score (nSPS) is 23.1. The summed E-state index contributed by atoms with van der Waals surface area (Å²) in [6.07, 6.45) is 2.87. The minimum Gasteiger partial charge on any atom is -0.473 e. The Labute approximate surface area is 116 Å². The van der Waals surface area contributed by atoms with Crippen LogP contribution in [0.2, 0.25) is 0 Å². The minimum atomic E-state index is -0.376. The number of ether oxygens (including phenoxy) is 2. The van der Waals surface area contributed by atoms with Gasteiger partial charge in [-0.05, 0) is 39.5 Å². The zero-order valence-electron chi connectivity index (χ0n) is 11.2. The Balaban J connectivity index is 2.05. The molecule has 106 valence electrons. The number of carbonyl (C=O) groups excluding carboxylic acids is 1. The van der Waals surface area contributed by atoms with Gasteiger partial charge in [0, 0.05) is 0 Å². The molecule has 1 aliphatic rings. The molecule has 5 nitrogen and oxygen atoms in total. The van der Waals surface area contributed by atoms with Crippen LogP contribution in [0.3, 0.4) is 0 Å². The monoisotopic (exact) mass is 285 g/mol. The number of hydrogen-bond donors (Lipinski definition) is 1. The van der Waals surface area contributed by atoms with Gasteiger partial charge in [-0.15, -0.1) is 11.3 Å². The van der Waals surface area contributed by atoms with Crippen LogP contribution in [0.5, 0.6) is 5.88 Å². The summed E-state index contributed by atoms with van der Waals surface area (Å²) in [5, 5.41) is 10.3. The van der Waals surface area contributed by atoms with Crippen molar-refractivity contribution in [2.75, 3.05) is 6.61 Å². The van der Waals surface area contributed by atoms with Gasteiger partial charge < -0.3 is 14.6 Å². The molecule has 0 aliphatic heterocycles. The Kier molecular flexibility index (Phi) is 4.76. The zero-order valence-corrected chi connectivity index (χ0v) is 12.0. The number of esters is 1. The first-order chi connectivity index (χ1) is 9.10. The summed E-state index contributed by atoms with van der Waals surface area (Å²) >= 11 is 1.29. The third-order valence-corrected chi connectivity index (χ3v) is 4.02. The van der Waals surface area contributed by atoms with Gasteiger partial charge in [0.05, 0.1) is 17.7 Å². The average Bonchev–Trinajstić information content (AvgIpc) is 2.74. The Morgan fingerprint density at radius 2 is 2.11 bits per heavy atom. The number of aromatic nitrogens is 1. The van der Waals surface area contributed by atoms with Gasteiger partial charge in [-0.3, -0.25) is 0 Å². The van der Waals surface area contributed by atoms with Crippen molar-refractivity contribution in [2.24, 2.45) is 0 Å². The van der Waals surface area contributed by atoms with Gasteiger partial charge in [0.1, 0.15) is 6.10 Å². The quantitative estimate of drug-likeness (QED) is 0.860. The third kappa shape index (κ3) is 3.67. The first-order valence-electron chi connectivity index (χ1n) is 6.59. The molecule has 2 rings (SSSR count). The molecule has 0 unspecified atom stereocenters. The molecule has 6 heteroatoms. The van der Waals surface area contributed by atoms with E-state index in [4.69, 9.17) is 9.47 Å². The average molecular weight is 285 g/mol. The lowest BCUT2D eigenvalue weighted by Crippen LogP contribution is -2.27. The molecule has 0 amide bonds. The lowest BCUT2D eigenvalue weighted by atomic mass is 9.95. The molecule has 0 spiro atoms. The fourth-order valence-corrected chi connectivity index (χ4v) is 2.88. The van der Waals surface area contributed by atoms with Crippen molar-refractivity contribution in [1.29, 1.82) is 0 Å². The molecule has 1 fully saturated rings. The SMILES string of the molecule is CCOC(=O)c1sc(C)nc1OC1CCC(O)CC1. The van der Waals surface area contributed by atoms with E-state index in [0.717, 1.165) is 30.7 Å². The molecular weight excluding hydrogens is 266 g/mol. The highest BCUT2D eigenvalue weighted by Crippen LogP contribution is 2.29. The van der Waals surface area contributed by atoms with Crippen LogP contribution in [0, 0.1) is 6.92 Å². The largest absolute Gasteiger partial charge is 0.473 e. The fourth-order valence-electron chi connectivity index (χ4n) is 2.13. The predicted octanol–water partition coefficient (Wildman–Crippen LogP) is 2.31. The van der Waals surface area contributed by atoms with Crippen molar-refractivity contribution in [3.05, 3.63) is 9.88 Å². The Morgan fingerprint density at radius 1 is 1.42 bits per heavy atom. The topological polar surface area (TPSA) is 68.7 Å². The van der Waals surface area contributed by atoms with Crippen LogP contribution < -0.4 is 4.74 Å². The number of thiazole rings is 1. The van der Waals surface area contributed by atoms with Gasteiger partial charge in [-0.1, -0.05) is 0 Å². The van der Waals surface area contributed by atoms with E-state index < -0.39 is 0 Å². The zero-order chi connectivity index (χ0) is 13.8. The van der Waals surface area contributed by atoms with Crippen LogP contribution in [0.4, 0.5) is 0 Å². The lowest BCUT2D eigenvalue weighted by molar-refractivity contribution is 0.0498. The maximum absolute atomic E-state index is 11.8. The van der Waals surface area contributed by atoms with Crippen LogP contribution in [0.1, 0.15) is 47.3 Å². The molecule has 1 aliphatic carbocycles. The van der Waals surface area contributed by atoms with E-state index in [1.54, 1.807) is 6.92 Å². The highest BCUT2D eigenvalue weighted by Gasteiger charge is 2.25. The highest BCUT2D eigenvalue weighted by atomic mass is 32.1. The Morgan fingerprint density at radius 3 is 2.74 bits per heavy atom. The van der Waals surface area contributed by atoms with Crippen LogP contribution >= 0.6 is 11.3 Å². The van der Waals surface area contributed by atoms with E-state index in [0.29, 0.717) is 17.4 Å².